The first-order chi connectivity index (χ1) is 15.2. The normalized spacial score (nSPS) is 12.9. The Hall–Kier alpha value is -2.82. The van der Waals surface area contributed by atoms with Crippen LogP contribution in [0.3, 0.4) is 0 Å². The highest BCUT2D eigenvalue weighted by Gasteiger charge is 2.18. The molecular weight excluding hydrogens is 430 g/mol. The van der Waals surface area contributed by atoms with Gasteiger partial charge in [-0.3, -0.25) is 9.36 Å². The quantitative estimate of drug-likeness (QED) is 0.449. The number of aromatic nitrogens is 3. The molecule has 3 N–H and O–H groups in total. The van der Waals surface area contributed by atoms with Crippen LogP contribution in [0.15, 0.2) is 46.2 Å². The lowest BCUT2D eigenvalue weighted by atomic mass is 10.1. The third-order valence-electron chi connectivity index (χ3n) is 5.36. The lowest BCUT2D eigenvalue weighted by Gasteiger charge is -2.18. The van der Waals surface area contributed by atoms with Crippen LogP contribution in [0.4, 0.5) is 11.6 Å². The van der Waals surface area contributed by atoms with Gasteiger partial charge in [0, 0.05) is 35.4 Å². The minimum Gasteiger partial charge on any atom is -0.395 e. The van der Waals surface area contributed by atoms with Gasteiger partial charge in [0.15, 0.2) is 0 Å². The van der Waals surface area contributed by atoms with Gasteiger partial charge in [0.2, 0.25) is 16.0 Å². The topological polar surface area (TPSA) is 126 Å². The van der Waals surface area contributed by atoms with E-state index in [1.165, 1.54) is 18.2 Å². The van der Waals surface area contributed by atoms with Crippen molar-refractivity contribution in [2.75, 3.05) is 11.9 Å². The molecule has 9 nitrogen and oxygen atoms in total. The second-order valence-corrected chi connectivity index (χ2v) is 9.51. The van der Waals surface area contributed by atoms with Crippen molar-refractivity contribution in [1.29, 1.82) is 0 Å². The summed E-state index contributed by atoms with van der Waals surface area (Å²) < 4.78 is 29.0. The number of benzene rings is 1. The van der Waals surface area contributed by atoms with Gasteiger partial charge in [0.1, 0.15) is 5.65 Å². The van der Waals surface area contributed by atoms with E-state index in [1.807, 2.05) is 13.8 Å². The molecular formula is C22H29N5O4S. The van der Waals surface area contributed by atoms with Crippen molar-refractivity contribution in [2.24, 2.45) is 0 Å². The monoisotopic (exact) mass is 459 g/mol. The van der Waals surface area contributed by atoms with E-state index >= 15 is 0 Å². The van der Waals surface area contributed by atoms with Gasteiger partial charge in [-0.15, -0.1) is 0 Å². The zero-order chi connectivity index (χ0) is 23.5. The minimum atomic E-state index is -3.75. The second-order valence-electron chi connectivity index (χ2n) is 7.79. The summed E-state index contributed by atoms with van der Waals surface area (Å²) in [6.45, 7) is 7.14. The smallest absolute Gasteiger partial charge is 0.252 e. The Balaban J connectivity index is 1.96. The summed E-state index contributed by atoms with van der Waals surface area (Å²) in [5.41, 5.74) is 1.78. The van der Waals surface area contributed by atoms with Crippen molar-refractivity contribution >= 4 is 32.7 Å². The molecule has 0 saturated heterocycles. The van der Waals surface area contributed by atoms with Crippen LogP contribution in [0.2, 0.25) is 0 Å². The van der Waals surface area contributed by atoms with Gasteiger partial charge in [0.05, 0.1) is 11.5 Å². The summed E-state index contributed by atoms with van der Waals surface area (Å²) >= 11 is 0. The number of fused-ring (bicyclic) bond motifs is 1. The van der Waals surface area contributed by atoms with Gasteiger partial charge in [-0.2, -0.15) is 4.98 Å². The van der Waals surface area contributed by atoms with E-state index in [0.29, 0.717) is 22.8 Å². The Labute approximate surface area is 187 Å². The molecule has 0 radical (unpaired) electrons. The number of aliphatic hydroxyl groups is 1. The molecule has 2 heterocycles. The van der Waals surface area contributed by atoms with E-state index in [1.54, 1.807) is 36.7 Å². The number of pyridine rings is 1. The van der Waals surface area contributed by atoms with Crippen LogP contribution in [-0.2, 0) is 10.0 Å². The molecule has 1 unspecified atom stereocenters. The van der Waals surface area contributed by atoms with E-state index < -0.39 is 16.1 Å². The lowest BCUT2D eigenvalue weighted by Crippen LogP contribution is -2.35. The average molecular weight is 460 g/mol. The highest BCUT2D eigenvalue weighted by atomic mass is 32.2. The number of rotatable bonds is 9. The third-order valence-corrected chi connectivity index (χ3v) is 6.95. The highest BCUT2D eigenvalue weighted by molar-refractivity contribution is 7.89. The lowest BCUT2D eigenvalue weighted by molar-refractivity contribution is 0.265. The van der Waals surface area contributed by atoms with Gasteiger partial charge >= 0.3 is 0 Å². The molecule has 32 heavy (non-hydrogen) atoms. The summed E-state index contributed by atoms with van der Waals surface area (Å²) in [7, 11) is -3.75. The van der Waals surface area contributed by atoms with Crippen LogP contribution in [0, 0.1) is 6.92 Å². The molecule has 0 spiro atoms. The standard InChI is InChI=1S/C22H29N5O4S/c1-5-17(6-2)27-20(29)10-7-16-12-23-22(25-21(16)27)24-19-9-8-18(11-14(19)3)32(30,31)26-15(4)13-28/h7-12,15,17,26,28H,5-6,13H2,1-4H3,(H,23,24,25). The number of sulfonamides is 1. The summed E-state index contributed by atoms with van der Waals surface area (Å²) in [6, 6.07) is 7.35. The molecule has 0 aliphatic carbocycles. The summed E-state index contributed by atoms with van der Waals surface area (Å²) in [5.74, 6) is 0.313. The van der Waals surface area contributed by atoms with Crippen molar-refractivity contribution in [3.05, 3.63) is 52.4 Å². The molecule has 2 aromatic heterocycles. The van der Waals surface area contributed by atoms with Crippen molar-refractivity contribution in [3.8, 4) is 0 Å². The Morgan fingerprint density at radius 2 is 1.88 bits per heavy atom. The molecule has 0 aliphatic heterocycles. The molecule has 0 fully saturated rings. The first-order valence-corrected chi connectivity index (χ1v) is 12.1. The Morgan fingerprint density at radius 1 is 1.16 bits per heavy atom. The van der Waals surface area contributed by atoms with Gasteiger partial charge in [0.25, 0.3) is 5.56 Å². The maximum absolute atomic E-state index is 12.5. The predicted molar refractivity (Wildman–Crippen MR) is 125 cm³/mol. The van der Waals surface area contributed by atoms with Crippen LogP contribution in [-0.4, -0.2) is 40.7 Å². The van der Waals surface area contributed by atoms with Crippen LogP contribution in [0.1, 0.15) is 45.2 Å². The number of nitrogens with one attached hydrogen (secondary N) is 2. The van der Waals surface area contributed by atoms with Gasteiger partial charge in [-0.25, -0.2) is 18.1 Å². The van der Waals surface area contributed by atoms with E-state index in [-0.39, 0.29) is 23.1 Å². The molecule has 0 bridgehead atoms. The van der Waals surface area contributed by atoms with Crippen LogP contribution in [0.5, 0.6) is 0 Å². The fraction of sp³-hybridized carbons (Fsp3) is 0.409. The fourth-order valence-electron chi connectivity index (χ4n) is 3.54. The number of aliphatic hydroxyl groups excluding tert-OH is 1. The molecule has 3 rings (SSSR count). The minimum absolute atomic E-state index is 0.0361. The number of hydrogen-bond acceptors (Lipinski definition) is 7. The van der Waals surface area contributed by atoms with E-state index in [2.05, 4.69) is 20.0 Å². The third kappa shape index (κ3) is 4.98. The maximum Gasteiger partial charge on any atom is 0.252 e. The zero-order valence-corrected chi connectivity index (χ0v) is 19.5. The molecule has 1 atom stereocenters. The zero-order valence-electron chi connectivity index (χ0n) is 18.7. The first-order valence-electron chi connectivity index (χ1n) is 10.6. The van der Waals surface area contributed by atoms with Crippen LogP contribution >= 0.6 is 0 Å². The number of aryl methyl sites for hydroxylation is 1. The molecule has 0 saturated carbocycles. The molecule has 3 aromatic rings. The van der Waals surface area contributed by atoms with E-state index in [4.69, 9.17) is 5.11 Å². The summed E-state index contributed by atoms with van der Waals surface area (Å²) in [5, 5.41) is 13.0. The summed E-state index contributed by atoms with van der Waals surface area (Å²) in [4.78, 5) is 21.6. The Bertz CT molecular complexity index is 1270. The van der Waals surface area contributed by atoms with Gasteiger partial charge < -0.3 is 10.4 Å². The van der Waals surface area contributed by atoms with Gasteiger partial charge in [-0.05, 0) is 56.5 Å². The van der Waals surface area contributed by atoms with Crippen LogP contribution < -0.4 is 15.6 Å². The summed E-state index contributed by atoms with van der Waals surface area (Å²) in [6.07, 6.45) is 3.28. The van der Waals surface area contributed by atoms with E-state index in [9.17, 15) is 13.2 Å². The highest BCUT2D eigenvalue weighted by Crippen LogP contribution is 2.24. The molecule has 172 valence electrons. The van der Waals surface area contributed by atoms with Crippen molar-refractivity contribution in [1.82, 2.24) is 19.3 Å². The molecule has 0 aliphatic rings. The molecule has 10 heteroatoms. The number of nitrogens with zero attached hydrogens (tertiary/aromatic N) is 3. The molecule has 0 amide bonds. The Kier molecular flexibility index (Phi) is 7.27. The number of hydrogen-bond donors (Lipinski definition) is 3. The van der Waals surface area contributed by atoms with Crippen LogP contribution in [0.25, 0.3) is 11.0 Å². The largest absolute Gasteiger partial charge is 0.395 e. The van der Waals surface area contributed by atoms with Crippen molar-refractivity contribution < 1.29 is 13.5 Å². The van der Waals surface area contributed by atoms with E-state index in [0.717, 1.165) is 18.2 Å². The maximum atomic E-state index is 12.5. The van der Waals surface area contributed by atoms with Gasteiger partial charge in [-0.1, -0.05) is 13.8 Å². The first kappa shape index (κ1) is 23.8. The van der Waals surface area contributed by atoms with Crippen molar-refractivity contribution in [2.45, 2.75) is 57.5 Å². The fourth-order valence-corrected chi connectivity index (χ4v) is 4.86. The SMILES string of the molecule is CCC(CC)n1c(=O)ccc2cnc(Nc3ccc(S(=O)(=O)NC(C)CO)cc3C)nc21. The number of anilines is 2. The predicted octanol–water partition coefficient (Wildman–Crippen LogP) is 2.86. The Morgan fingerprint density at radius 3 is 2.50 bits per heavy atom. The second kappa shape index (κ2) is 9.76. The average Bonchev–Trinajstić information content (AvgIpc) is 2.76. The molecule has 1 aromatic carbocycles. The van der Waals surface area contributed by atoms with Crippen molar-refractivity contribution in [3.63, 3.8) is 0 Å².